The van der Waals surface area contributed by atoms with Gasteiger partial charge in [-0.3, -0.25) is 0 Å². The van der Waals surface area contributed by atoms with E-state index >= 15 is 0 Å². The number of aromatic nitrogens is 1. The minimum atomic E-state index is 0.720. The number of rotatable bonds is 6. The van der Waals surface area contributed by atoms with Crippen molar-refractivity contribution in [2.45, 2.75) is 20.4 Å². The lowest BCUT2D eigenvalue weighted by atomic mass is 10.3. The summed E-state index contributed by atoms with van der Waals surface area (Å²) in [4.78, 5) is 7.95. The molecule has 0 saturated carbocycles. The Morgan fingerprint density at radius 2 is 2.10 bits per heavy atom. The quantitative estimate of drug-likeness (QED) is 0.769. The van der Waals surface area contributed by atoms with Gasteiger partial charge in [-0.05, 0) is 48.0 Å². The number of benzene rings is 1. The first kappa shape index (κ1) is 15.6. The average Bonchev–Trinajstić information content (AvgIpc) is 2.90. The summed E-state index contributed by atoms with van der Waals surface area (Å²) < 4.78 is 0.900. The highest BCUT2D eigenvalue weighted by Gasteiger charge is 2.07. The fourth-order valence-electron chi connectivity index (χ4n) is 1.81. The topological polar surface area (TPSA) is 28.2 Å². The maximum atomic E-state index is 5.98. The summed E-state index contributed by atoms with van der Waals surface area (Å²) in [5.74, 6) is 0. The summed E-state index contributed by atoms with van der Waals surface area (Å²) in [6, 6.07) is 5.83. The molecule has 0 aliphatic carbocycles. The zero-order valence-electron chi connectivity index (χ0n) is 11.5. The van der Waals surface area contributed by atoms with Gasteiger partial charge in [0.1, 0.15) is 0 Å². The number of thiazole rings is 1. The van der Waals surface area contributed by atoms with E-state index in [-0.39, 0.29) is 0 Å². The fraction of sp³-hybridized carbons (Fsp3) is 0.357. The standard InChI is InChI=1S/C14H17BrClN3S/c1-3-19(4-2)14-18-9-11(20-14)8-17-10-5-6-13(16)12(15)7-10/h5-7,9,17H,3-4,8H2,1-2H3. The predicted octanol–water partition coefficient (Wildman–Crippen LogP) is 5.02. The summed E-state index contributed by atoms with van der Waals surface area (Å²) in [5, 5.41) is 5.19. The van der Waals surface area contributed by atoms with Gasteiger partial charge in [0.15, 0.2) is 5.13 Å². The predicted molar refractivity (Wildman–Crippen MR) is 92.2 cm³/mol. The van der Waals surface area contributed by atoms with Crippen LogP contribution in [-0.4, -0.2) is 18.1 Å². The SMILES string of the molecule is CCN(CC)c1ncc(CNc2ccc(Cl)c(Br)c2)s1. The summed E-state index contributed by atoms with van der Waals surface area (Å²) in [7, 11) is 0. The fourth-order valence-corrected chi connectivity index (χ4v) is 3.29. The first-order chi connectivity index (χ1) is 9.63. The van der Waals surface area contributed by atoms with Gasteiger partial charge < -0.3 is 10.2 Å². The van der Waals surface area contributed by atoms with Crippen LogP contribution in [0.2, 0.25) is 5.02 Å². The van der Waals surface area contributed by atoms with Gasteiger partial charge in [0.25, 0.3) is 0 Å². The van der Waals surface area contributed by atoms with Crippen LogP contribution in [0.15, 0.2) is 28.9 Å². The molecule has 20 heavy (non-hydrogen) atoms. The van der Waals surface area contributed by atoms with E-state index in [1.54, 1.807) is 11.3 Å². The van der Waals surface area contributed by atoms with Crippen molar-refractivity contribution in [3.8, 4) is 0 Å². The van der Waals surface area contributed by atoms with Gasteiger partial charge in [-0.15, -0.1) is 11.3 Å². The maximum absolute atomic E-state index is 5.98. The van der Waals surface area contributed by atoms with Crippen molar-refractivity contribution >= 4 is 49.7 Å². The van der Waals surface area contributed by atoms with E-state index in [2.05, 4.69) is 45.0 Å². The van der Waals surface area contributed by atoms with Crippen molar-refractivity contribution in [1.29, 1.82) is 0 Å². The molecule has 0 radical (unpaired) electrons. The molecular formula is C14H17BrClN3S. The molecule has 1 N–H and O–H groups in total. The van der Waals surface area contributed by atoms with Gasteiger partial charge in [-0.1, -0.05) is 11.6 Å². The van der Waals surface area contributed by atoms with Crippen LogP contribution < -0.4 is 10.2 Å². The molecule has 0 bridgehead atoms. The second-order valence-corrected chi connectivity index (χ2v) is 6.62. The molecule has 0 amide bonds. The van der Waals surface area contributed by atoms with Crippen LogP contribution in [0.25, 0.3) is 0 Å². The van der Waals surface area contributed by atoms with Crippen molar-refractivity contribution in [3.63, 3.8) is 0 Å². The lowest BCUT2D eigenvalue weighted by molar-refractivity contribution is 0.860. The Labute approximate surface area is 137 Å². The lowest BCUT2D eigenvalue weighted by Gasteiger charge is -2.16. The average molecular weight is 375 g/mol. The molecule has 1 aromatic heterocycles. The van der Waals surface area contributed by atoms with Gasteiger partial charge >= 0.3 is 0 Å². The zero-order chi connectivity index (χ0) is 14.5. The van der Waals surface area contributed by atoms with Crippen molar-refractivity contribution in [2.24, 2.45) is 0 Å². The molecule has 0 fully saturated rings. The molecule has 108 valence electrons. The number of halogens is 2. The minimum absolute atomic E-state index is 0.720. The minimum Gasteiger partial charge on any atom is -0.380 e. The molecule has 1 aromatic carbocycles. The Bertz CT molecular complexity index is 569. The number of hydrogen-bond donors (Lipinski definition) is 1. The summed E-state index contributed by atoms with van der Waals surface area (Å²) in [5.41, 5.74) is 1.04. The van der Waals surface area contributed by atoms with Crippen LogP contribution in [0, 0.1) is 0 Å². The third-order valence-corrected chi connectivity index (χ3v) is 5.23. The molecular weight excluding hydrogens is 358 g/mol. The first-order valence-corrected chi connectivity index (χ1v) is 8.51. The van der Waals surface area contributed by atoms with Crippen LogP contribution in [0.1, 0.15) is 18.7 Å². The van der Waals surface area contributed by atoms with E-state index < -0.39 is 0 Å². The molecule has 0 atom stereocenters. The molecule has 0 unspecified atom stereocenters. The Morgan fingerprint density at radius 3 is 2.75 bits per heavy atom. The molecule has 2 aromatic rings. The van der Waals surface area contributed by atoms with Crippen LogP contribution in [0.5, 0.6) is 0 Å². The largest absolute Gasteiger partial charge is 0.380 e. The third-order valence-electron chi connectivity index (χ3n) is 2.96. The molecule has 0 aliphatic rings. The summed E-state index contributed by atoms with van der Waals surface area (Å²) in [6.07, 6.45) is 1.94. The molecule has 0 saturated heterocycles. The Morgan fingerprint density at radius 1 is 1.35 bits per heavy atom. The highest BCUT2D eigenvalue weighted by atomic mass is 79.9. The van der Waals surface area contributed by atoms with Crippen molar-refractivity contribution in [1.82, 2.24) is 4.98 Å². The van der Waals surface area contributed by atoms with Gasteiger partial charge in [-0.2, -0.15) is 0 Å². The monoisotopic (exact) mass is 373 g/mol. The van der Waals surface area contributed by atoms with E-state index in [0.717, 1.165) is 39.9 Å². The van der Waals surface area contributed by atoms with Crippen molar-refractivity contribution in [2.75, 3.05) is 23.3 Å². The number of nitrogens with zero attached hydrogens (tertiary/aromatic N) is 2. The number of anilines is 2. The Kier molecular flexibility index (Phi) is 5.69. The van der Waals surface area contributed by atoms with Crippen LogP contribution >= 0.6 is 38.9 Å². The third kappa shape index (κ3) is 3.87. The normalized spacial score (nSPS) is 10.6. The number of nitrogens with one attached hydrogen (secondary N) is 1. The second-order valence-electron chi connectivity index (χ2n) is 4.26. The molecule has 1 heterocycles. The summed E-state index contributed by atoms with van der Waals surface area (Å²) >= 11 is 11.1. The van der Waals surface area contributed by atoms with Gasteiger partial charge in [-0.25, -0.2) is 4.98 Å². The van der Waals surface area contributed by atoms with Crippen LogP contribution in [0.4, 0.5) is 10.8 Å². The highest BCUT2D eigenvalue weighted by molar-refractivity contribution is 9.10. The molecule has 3 nitrogen and oxygen atoms in total. The van der Waals surface area contributed by atoms with E-state index in [0.29, 0.717) is 0 Å². The zero-order valence-corrected chi connectivity index (χ0v) is 14.6. The highest BCUT2D eigenvalue weighted by Crippen LogP contribution is 2.27. The molecule has 2 rings (SSSR count). The van der Waals surface area contributed by atoms with Crippen LogP contribution in [-0.2, 0) is 6.54 Å². The van der Waals surface area contributed by atoms with Crippen molar-refractivity contribution in [3.05, 3.63) is 38.8 Å². The molecule has 0 spiro atoms. The Balaban J connectivity index is 1.98. The maximum Gasteiger partial charge on any atom is 0.185 e. The summed E-state index contributed by atoms with van der Waals surface area (Å²) in [6.45, 7) is 7.04. The van der Waals surface area contributed by atoms with E-state index in [1.807, 2.05) is 24.4 Å². The van der Waals surface area contributed by atoms with E-state index in [4.69, 9.17) is 11.6 Å². The van der Waals surface area contributed by atoms with Crippen LogP contribution in [0.3, 0.4) is 0 Å². The lowest BCUT2D eigenvalue weighted by Crippen LogP contribution is -2.21. The molecule has 6 heteroatoms. The van der Waals surface area contributed by atoms with E-state index in [1.165, 1.54) is 4.88 Å². The smallest absolute Gasteiger partial charge is 0.185 e. The molecule has 0 aliphatic heterocycles. The first-order valence-electron chi connectivity index (χ1n) is 6.52. The van der Waals surface area contributed by atoms with Gasteiger partial charge in [0, 0.05) is 34.3 Å². The Hall–Kier alpha value is -0.780. The second kappa shape index (κ2) is 7.29. The number of hydrogen-bond acceptors (Lipinski definition) is 4. The van der Waals surface area contributed by atoms with Crippen molar-refractivity contribution < 1.29 is 0 Å². The van der Waals surface area contributed by atoms with Gasteiger partial charge in [0.2, 0.25) is 0 Å². The van der Waals surface area contributed by atoms with Gasteiger partial charge in [0.05, 0.1) is 11.6 Å². The van der Waals surface area contributed by atoms with E-state index in [9.17, 15) is 0 Å².